The van der Waals surface area contributed by atoms with E-state index in [2.05, 4.69) is 4.66 Å². The maximum Gasteiger partial charge on any atom is 0.417 e. The van der Waals surface area contributed by atoms with Crippen LogP contribution in [0.15, 0.2) is 0 Å². The van der Waals surface area contributed by atoms with Gasteiger partial charge in [-0.05, 0) is 0 Å². The molecule has 0 aromatic rings. The first-order chi connectivity index (χ1) is 2.56. The summed E-state index contributed by atoms with van der Waals surface area (Å²) in [5, 5.41) is 0. The van der Waals surface area contributed by atoms with E-state index in [1.165, 1.54) is 0 Å². The summed E-state index contributed by atoms with van der Waals surface area (Å²) in [7, 11) is -4.51. The monoisotopic (exact) mass is 101 g/mol. The fourth-order valence-corrected chi connectivity index (χ4v) is 0. The Balaban J connectivity index is 3.17. The van der Waals surface area contributed by atoms with Crippen LogP contribution in [0.25, 0.3) is 0 Å². The Bertz CT molecular complexity index is 37.3. The molecule has 0 saturated carbocycles. The first kappa shape index (κ1) is 3.32. The van der Waals surface area contributed by atoms with Crippen LogP contribution < -0.4 is 14.0 Å². The van der Waals surface area contributed by atoms with E-state index in [9.17, 15) is 0 Å². The van der Waals surface area contributed by atoms with Crippen molar-refractivity contribution in [1.82, 2.24) is 0 Å². The molecule has 0 fully saturated rings. The van der Waals surface area contributed by atoms with Gasteiger partial charge >= 0.3 is 1.43 Å². The van der Waals surface area contributed by atoms with Crippen LogP contribution in [0.5, 0.6) is 0 Å². The molecule has 0 radical (unpaired) electrons. The highest BCUT2D eigenvalue weighted by atomic mass is 35.7. The zero-order valence-electron chi connectivity index (χ0n) is 3.01. The van der Waals surface area contributed by atoms with Gasteiger partial charge in [-0.15, -0.1) is 0 Å². The van der Waals surface area contributed by atoms with E-state index < -0.39 is 10.2 Å². The van der Waals surface area contributed by atoms with Crippen LogP contribution in [0.2, 0.25) is 0 Å². The lowest BCUT2D eigenvalue weighted by Gasteiger charge is -2.03. The molecule has 0 aromatic carbocycles. The van der Waals surface area contributed by atoms with Crippen LogP contribution in [0.1, 0.15) is 0 Å². The van der Waals surface area contributed by atoms with Crippen molar-refractivity contribution in [2.75, 3.05) is 0 Å². The van der Waals surface area contributed by atoms with E-state index in [1.54, 1.807) is 0 Å². The molecule has 0 saturated heterocycles. The summed E-state index contributed by atoms with van der Waals surface area (Å²) in [4.78, 5) is 0. The Morgan fingerprint density at radius 1 is 1.60 bits per heavy atom. The van der Waals surface area contributed by atoms with E-state index in [1.807, 2.05) is 0 Å². The van der Waals surface area contributed by atoms with Gasteiger partial charge in [-0.1, -0.05) is 0 Å². The van der Waals surface area contributed by atoms with Gasteiger partial charge in [-0.2, -0.15) is 14.0 Å². The third kappa shape index (κ3) is 1110. The van der Waals surface area contributed by atoms with Crippen molar-refractivity contribution < 1.29 is 28.9 Å². The molecule has 0 aliphatic carbocycles. The molecular weight excluding hydrogens is 99.4 g/mol. The number of halogens is 1. The average Bonchev–Trinajstić information content (AvgIpc) is 1.35. The molecule has 0 aromatic heterocycles. The molecular formula is HClO4. The molecule has 0 unspecified atom stereocenters. The van der Waals surface area contributed by atoms with E-state index in [-0.39, 0.29) is 0 Å². The lowest BCUT2D eigenvalue weighted by atomic mass is 15.8. The molecule has 0 heterocycles. The summed E-state index contributed by atoms with van der Waals surface area (Å²) in [6.45, 7) is 0. The molecule has 0 atom stereocenters. The van der Waals surface area contributed by atoms with Crippen molar-refractivity contribution in [3.05, 3.63) is 0 Å². The maximum atomic E-state index is 9.01. The van der Waals surface area contributed by atoms with Gasteiger partial charge in [0.05, 0.1) is 14.9 Å². The Kier molecular flexibility index (Phi) is 0.716. The Morgan fingerprint density at radius 3 is 1.80 bits per heavy atom. The van der Waals surface area contributed by atoms with Gasteiger partial charge in [0.15, 0.2) is 0 Å². The van der Waals surface area contributed by atoms with Gasteiger partial charge in [-0.3, -0.25) is 0 Å². The van der Waals surface area contributed by atoms with Crippen LogP contribution in [0.3, 0.4) is 0 Å². The molecule has 0 spiro atoms. The van der Waals surface area contributed by atoms with Crippen molar-refractivity contribution in [3.63, 3.8) is 0 Å². The summed E-state index contributed by atoms with van der Waals surface area (Å²) in [6.07, 6.45) is 0. The fraction of sp³-hybridized carbons (Fsp3) is 0. The van der Waals surface area contributed by atoms with Gasteiger partial charge < -0.3 is 0 Å². The van der Waals surface area contributed by atoms with E-state index in [0.717, 1.165) is 0 Å². The number of hydrogen-bond acceptors (Lipinski definition) is 4. The summed E-state index contributed by atoms with van der Waals surface area (Å²) in [5.41, 5.74) is 0. The zero-order valence-corrected chi connectivity index (χ0v) is 2.77. The maximum absolute atomic E-state index is 9.01. The molecule has 0 rings (SSSR count). The van der Waals surface area contributed by atoms with E-state index >= 15 is 0 Å². The third-order valence-corrected chi connectivity index (χ3v) is 0. The molecule has 32 valence electrons. The van der Waals surface area contributed by atoms with Crippen molar-refractivity contribution in [1.29, 1.82) is 1.43 Å². The second kappa shape index (κ2) is 1.08. The largest absolute Gasteiger partial charge is 0.417 e. The zero-order chi connectivity index (χ0) is 5.21. The molecule has 0 aliphatic rings. The minimum atomic E-state index is -4.51. The highest BCUT2D eigenvalue weighted by molar-refractivity contribution is 2.15. The van der Waals surface area contributed by atoms with Crippen molar-refractivity contribution in [3.8, 4) is 0 Å². The molecule has 4 nitrogen and oxygen atoms in total. The lowest BCUT2D eigenvalue weighted by molar-refractivity contribution is -1.92. The van der Waals surface area contributed by atoms with Gasteiger partial charge in [0.1, 0.15) is 0 Å². The molecule has 0 aliphatic heterocycles. The van der Waals surface area contributed by atoms with E-state index in [0.29, 0.717) is 0 Å². The Labute approximate surface area is 31.5 Å². The minimum absolute atomic E-state index is 2.58. The smallest absolute Gasteiger partial charge is 0.183 e. The van der Waals surface area contributed by atoms with Crippen molar-refractivity contribution >= 4 is 0 Å². The van der Waals surface area contributed by atoms with Crippen molar-refractivity contribution in [2.45, 2.75) is 0 Å². The molecule has 0 bridgehead atoms. The minimum Gasteiger partial charge on any atom is -0.183 e. The highest BCUT2D eigenvalue weighted by Crippen LogP contribution is 1.60. The predicted octanol–water partition coefficient (Wildman–Crippen LogP) is -4.12. The van der Waals surface area contributed by atoms with Gasteiger partial charge in [0.25, 0.3) is 0 Å². The lowest BCUT2D eigenvalue weighted by Crippen LogP contribution is -2.58. The van der Waals surface area contributed by atoms with E-state index in [4.69, 9.17) is 15.4 Å². The Hall–Kier alpha value is 0.130. The second-order valence-corrected chi connectivity index (χ2v) is 1.13. The summed E-state index contributed by atoms with van der Waals surface area (Å²) in [5.74, 6) is 0. The molecule has 1 N–H and O–H groups in total. The number of hydrogen-bond donors (Lipinski definition) is 1. The summed E-state index contributed by atoms with van der Waals surface area (Å²) < 4.78 is 35.0. The highest BCUT2D eigenvalue weighted by Gasteiger charge is 1.98. The number of rotatable bonds is 1. The topological polar surface area (TPSA) is 89.4 Å². The van der Waals surface area contributed by atoms with Crippen molar-refractivity contribution in [2.24, 2.45) is 0 Å². The van der Waals surface area contributed by atoms with Crippen LogP contribution in [0, 0.1) is 10.2 Å². The average molecular weight is 101 g/mol. The third-order valence-electron chi connectivity index (χ3n) is 0. The molecule has 0 amide bonds. The SMILES string of the molecule is [2H]O[Cl+3]([O-])([O-])[O-]. The van der Waals surface area contributed by atoms with Gasteiger partial charge in [0.2, 0.25) is 0 Å². The first-order valence-electron chi connectivity index (χ1n) is 1.03. The summed E-state index contributed by atoms with van der Waals surface area (Å²) in [6, 6.07) is 0. The summed E-state index contributed by atoms with van der Waals surface area (Å²) >= 11 is 0. The normalized spacial score (nSPS) is 14.6. The second-order valence-electron chi connectivity index (χ2n) is 0.378. The van der Waals surface area contributed by atoms with Crippen LogP contribution in [-0.2, 0) is 0 Å². The Morgan fingerprint density at radius 2 is 1.80 bits per heavy atom. The fourth-order valence-electron chi connectivity index (χ4n) is 0. The molecule has 5 heavy (non-hydrogen) atoms. The van der Waals surface area contributed by atoms with Crippen LogP contribution in [0.4, 0.5) is 0 Å². The quantitative estimate of drug-likeness (QED) is 0.363. The van der Waals surface area contributed by atoms with Crippen LogP contribution >= 0.6 is 0 Å². The van der Waals surface area contributed by atoms with Gasteiger partial charge in [-0.25, -0.2) is 0 Å². The first-order valence-corrected chi connectivity index (χ1v) is 1.85. The predicted molar refractivity (Wildman–Crippen MR) is 2.22 cm³/mol. The van der Waals surface area contributed by atoms with Crippen LogP contribution in [-0.4, -0.2) is 6.09 Å². The van der Waals surface area contributed by atoms with Gasteiger partial charge in [0, 0.05) is 0 Å². The standard InChI is InChI=1S/ClHO4/c2-1(3,4)5/h(H,2,3,4,5)/i/hD. The molecule has 5 heteroatoms.